The lowest BCUT2D eigenvalue weighted by Crippen LogP contribution is -2.37. The number of anilines is 1. The standard InChI is InChI=1S/C12H12F2N2O3/c13-10-4-9(16(18)19)5-11(14)12(10)15-3-1-2-8(6-15)7-17/h4-5,7-8H,1-3,6H2. The van der Waals surface area contributed by atoms with E-state index < -0.39 is 22.2 Å². The molecule has 2 rings (SSSR count). The Morgan fingerprint density at radius 1 is 1.37 bits per heavy atom. The van der Waals surface area contributed by atoms with Gasteiger partial charge < -0.3 is 9.69 Å². The Morgan fingerprint density at radius 2 is 2.00 bits per heavy atom. The lowest BCUT2D eigenvalue weighted by Gasteiger charge is -2.32. The first-order valence-electron chi connectivity index (χ1n) is 5.86. The zero-order valence-electron chi connectivity index (χ0n) is 10.0. The molecule has 0 saturated carbocycles. The predicted octanol–water partition coefficient (Wildman–Crippen LogP) is 2.29. The number of nitro groups is 1. The molecular formula is C12H12F2N2O3. The van der Waals surface area contributed by atoms with E-state index in [9.17, 15) is 23.7 Å². The van der Waals surface area contributed by atoms with E-state index in [1.807, 2.05) is 0 Å². The highest BCUT2D eigenvalue weighted by Crippen LogP contribution is 2.30. The molecule has 102 valence electrons. The number of aldehydes is 1. The molecule has 0 aliphatic carbocycles. The van der Waals surface area contributed by atoms with Gasteiger partial charge in [0.2, 0.25) is 0 Å². The van der Waals surface area contributed by atoms with Gasteiger partial charge in [-0.1, -0.05) is 0 Å². The number of piperidine rings is 1. The Kier molecular flexibility index (Phi) is 3.73. The maximum absolute atomic E-state index is 13.8. The highest BCUT2D eigenvalue weighted by atomic mass is 19.1. The van der Waals surface area contributed by atoms with Gasteiger partial charge in [-0.2, -0.15) is 0 Å². The van der Waals surface area contributed by atoms with Gasteiger partial charge >= 0.3 is 0 Å². The van der Waals surface area contributed by atoms with Crippen LogP contribution < -0.4 is 4.90 Å². The van der Waals surface area contributed by atoms with Gasteiger partial charge in [0.05, 0.1) is 17.1 Å². The summed E-state index contributed by atoms with van der Waals surface area (Å²) in [6.45, 7) is 0.658. The molecule has 7 heteroatoms. The molecule has 5 nitrogen and oxygen atoms in total. The highest BCUT2D eigenvalue weighted by molar-refractivity contribution is 5.59. The Balaban J connectivity index is 2.34. The van der Waals surface area contributed by atoms with E-state index in [4.69, 9.17) is 0 Å². The summed E-state index contributed by atoms with van der Waals surface area (Å²) in [5.74, 6) is -2.21. The van der Waals surface area contributed by atoms with Crippen LogP contribution in [-0.4, -0.2) is 24.3 Å². The first kappa shape index (κ1) is 13.4. The van der Waals surface area contributed by atoms with Crippen LogP contribution in [0.5, 0.6) is 0 Å². The van der Waals surface area contributed by atoms with E-state index >= 15 is 0 Å². The van der Waals surface area contributed by atoms with E-state index in [0.717, 1.165) is 6.29 Å². The molecule has 1 aromatic rings. The molecule has 0 N–H and O–H groups in total. The number of hydrogen-bond donors (Lipinski definition) is 0. The topological polar surface area (TPSA) is 63.5 Å². The molecular weight excluding hydrogens is 258 g/mol. The van der Waals surface area contributed by atoms with E-state index in [1.54, 1.807) is 0 Å². The molecule has 0 bridgehead atoms. The van der Waals surface area contributed by atoms with Crippen LogP contribution in [0.4, 0.5) is 20.2 Å². The quantitative estimate of drug-likeness (QED) is 0.480. The van der Waals surface area contributed by atoms with Crippen LogP contribution in [0.3, 0.4) is 0 Å². The third-order valence-corrected chi connectivity index (χ3v) is 3.18. The van der Waals surface area contributed by atoms with E-state index in [0.29, 0.717) is 31.5 Å². The summed E-state index contributed by atoms with van der Waals surface area (Å²) in [6, 6.07) is 1.39. The number of hydrogen-bond acceptors (Lipinski definition) is 4. The van der Waals surface area contributed by atoms with Crippen molar-refractivity contribution >= 4 is 17.7 Å². The second-order valence-corrected chi connectivity index (χ2v) is 4.50. The SMILES string of the molecule is O=CC1CCCN(c2c(F)cc([N+](=O)[O-])cc2F)C1. The minimum Gasteiger partial charge on any atom is -0.366 e. The van der Waals surface area contributed by atoms with Gasteiger partial charge in [-0.3, -0.25) is 10.1 Å². The highest BCUT2D eigenvalue weighted by Gasteiger charge is 2.26. The number of non-ortho nitro benzene ring substituents is 1. The van der Waals surface area contributed by atoms with Crippen LogP contribution in [0.15, 0.2) is 12.1 Å². The average Bonchev–Trinajstić information content (AvgIpc) is 2.38. The molecule has 1 aliphatic rings. The zero-order valence-corrected chi connectivity index (χ0v) is 10.0. The van der Waals surface area contributed by atoms with Crippen LogP contribution in [0.1, 0.15) is 12.8 Å². The van der Waals surface area contributed by atoms with Crippen LogP contribution in [-0.2, 0) is 4.79 Å². The number of rotatable bonds is 3. The summed E-state index contributed by atoms with van der Waals surface area (Å²) in [4.78, 5) is 21.8. The molecule has 1 aliphatic heterocycles. The van der Waals surface area contributed by atoms with Gasteiger partial charge in [-0.05, 0) is 12.8 Å². The lowest BCUT2D eigenvalue weighted by molar-refractivity contribution is -0.385. The zero-order chi connectivity index (χ0) is 14.0. The number of carbonyl (C=O) groups is 1. The normalized spacial score (nSPS) is 19.3. The molecule has 19 heavy (non-hydrogen) atoms. The van der Waals surface area contributed by atoms with Gasteiger partial charge in [-0.25, -0.2) is 8.78 Å². The van der Waals surface area contributed by atoms with Crippen molar-refractivity contribution in [2.24, 2.45) is 5.92 Å². The minimum atomic E-state index is -0.974. The van der Waals surface area contributed by atoms with Gasteiger partial charge in [-0.15, -0.1) is 0 Å². The van der Waals surface area contributed by atoms with Crippen molar-refractivity contribution in [3.63, 3.8) is 0 Å². The van der Waals surface area contributed by atoms with Crippen molar-refractivity contribution < 1.29 is 18.5 Å². The van der Waals surface area contributed by atoms with Crippen LogP contribution >= 0.6 is 0 Å². The summed E-state index contributed by atoms with van der Waals surface area (Å²) < 4.78 is 27.6. The summed E-state index contributed by atoms with van der Waals surface area (Å²) in [6.07, 6.45) is 2.11. The maximum atomic E-state index is 13.8. The second-order valence-electron chi connectivity index (χ2n) is 4.50. The molecule has 1 heterocycles. The fourth-order valence-electron chi connectivity index (χ4n) is 2.28. The Morgan fingerprint density at radius 3 is 2.53 bits per heavy atom. The van der Waals surface area contributed by atoms with Crippen molar-refractivity contribution in [2.45, 2.75) is 12.8 Å². The fourth-order valence-corrected chi connectivity index (χ4v) is 2.28. The number of benzene rings is 1. The summed E-state index contributed by atoms with van der Waals surface area (Å²) >= 11 is 0. The van der Waals surface area contributed by atoms with Crippen molar-refractivity contribution in [3.05, 3.63) is 33.9 Å². The second kappa shape index (κ2) is 5.29. The number of halogens is 2. The molecule has 1 saturated heterocycles. The largest absolute Gasteiger partial charge is 0.366 e. The average molecular weight is 270 g/mol. The number of nitro benzene ring substituents is 1. The van der Waals surface area contributed by atoms with E-state index in [2.05, 4.69) is 0 Å². The van der Waals surface area contributed by atoms with E-state index in [-0.39, 0.29) is 18.2 Å². The van der Waals surface area contributed by atoms with Gasteiger partial charge in [0.1, 0.15) is 12.0 Å². The third-order valence-electron chi connectivity index (χ3n) is 3.18. The molecule has 0 spiro atoms. The van der Waals surface area contributed by atoms with Gasteiger partial charge in [0.25, 0.3) is 5.69 Å². The van der Waals surface area contributed by atoms with Gasteiger partial charge in [0, 0.05) is 19.0 Å². The first-order chi connectivity index (χ1) is 9.02. The van der Waals surface area contributed by atoms with E-state index in [1.165, 1.54) is 4.90 Å². The van der Waals surface area contributed by atoms with Gasteiger partial charge in [0.15, 0.2) is 11.6 Å². The minimum absolute atomic E-state index is 0.231. The summed E-state index contributed by atoms with van der Waals surface area (Å²) in [7, 11) is 0. The summed E-state index contributed by atoms with van der Waals surface area (Å²) in [5, 5.41) is 10.5. The number of nitrogens with zero attached hydrogens (tertiary/aromatic N) is 2. The lowest BCUT2D eigenvalue weighted by atomic mass is 9.99. The Bertz CT molecular complexity index is 499. The molecule has 1 aromatic carbocycles. The Labute approximate surface area is 108 Å². The molecule has 1 unspecified atom stereocenters. The maximum Gasteiger partial charge on any atom is 0.275 e. The smallest absolute Gasteiger partial charge is 0.275 e. The fraction of sp³-hybridized carbons (Fsp3) is 0.417. The predicted molar refractivity (Wildman–Crippen MR) is 64.0 cm³/mol. The number of carbonyl (C=O) groups excluding carboxylic acids is 1. The first-order valence-corrected chi connectivity index (χ1v) is 5.86. The third kappa shape index (κ3) is 2.69. The molecule has 0 radical (unpaired) electrons. The van der Waals surface area contributed by atoms with Crippen molar-refractivity contribution in [3.8, 4) is 0 Å². The van der Waals surface area contributed by atoms with Crippen LogP contribution in [0, 0.1) is 27.7 Å². The van der Waals surface area contributed by atoms with Crippen molar-refractivity contribution in [1.29, 1.82) is 0 Å². The molecule has 1 fully saturated rings. The molecule has 0 aromatic heterocycles. The van der Waals surface area contributed by atoms with Crippen molar-refractivity contribution in [2.75, 3.05) is 18.0 Å². The summed E-state index contributed by atoms with van der Waals surface area (Å²) in [5.41, 5.74) is -0.917. The van der Waals surface area contributed by atoms with Crippen LogP contribution in [0.2, 0.25) is 0 Å². The van der Waals surface area contributed by atoms with Crippen molar-refractivity contribution in [1.82, 2.24) is 0 Å². The molecule has 1 atom stereocenters. The Hall–Kier alpha value is -2.05. The monoisotopic (exact) mass is 270 g/mol. The van der Waals surface area contributed by atoms with Crippen LogP contribution in [0.25, 0.3) is 0 Å². The molecule has 0 amide bonds.